The Hall–Kier alpha value is -0.496. The molecule has 0 radical (unpaired) electrons. The van der Waals surface area contributed by atoms with Gasteiger partial charge in [-0.1, -0.05) is 0 Å². The van der Waals surface area contributed by atoms with E-state index >= 15 is 0 Å². The second-order valence-corrected chi connectivity index (χ2v) is 10.9. The van der Waals surface area contributed by atoms with Gasteiger partial charge in [0.2, 0.25) is 0 Å². The van der Waals surface area contributed by atoms with E-state index in [1.807, 2.05) is 0 Å². The molecule has 164 valence electrons. The van der Waals surface area contributed by atoms with Gasteiger partial charge in [0.15, 0.2) is 0 Å². The quantitative estimate of drug-likeness (QED) is 0.432. The van der Waals surface area contributed by atoms with Crippen molar-refractivity contribution < 1.29 is 57.7 Å². The number of hydrogen-bond donors (Lipinski definition) is 0. The number of fused-ring (bicyclic) bond motifs is 1. The van der Waals surface area contributed by atoms with E-state index in [4.69, 9.17) is 0 Å². The van der Waals surface area contributed by atoms with Crippen LogP contribution in [0, 0.1) is 17.3 Å². The molecule has 4 heteroatoms. The van der Waals surface area contributed by atoms with E-state index in [0.717, 1.165) is 0 Å². The molecule has 1 saturated carbocycles. The minimum atomic E-state index is -0.103. The van der Waals surface area contributed by atoms with Gasteiger partial charge in [-0.3, -0.25) is 0 Å². The Morgan fingerprint density at radius 2 is 1.32 bits per heavy atom. The monoisotopic (exact) mass is 508 g/mol. The van der Waals surface area contributed by atoms with E-state index in [1.165, 1.54) is 24.0 Å². The molecule has 0 heterocycles. The fourth-order valence-electron chi connectivity index (χ4n) is 6.28. The third-order valence-corrected chi connectivity index (χ3v) is 9.04. The van der Waals surface area contributed by atoms with Crippen LogP contribution in [0.5, 0.6) is 0 Å². The third kappa shape index (κ3) is 4.25. The summed E-state index contributed by atoms with van der Waals surface area (Å²) in [7, 11) is 0. The number of rotatable bonds is 3. The molecule has 1 fully saturated rings. The molecule has 2 aliphatic rings. The molecule has 0 bridgehead atoms. The van der Waals surface area contributed by atoms with Crippen LogP contribution >= 0.6 is 0 Å². The van der Waals surface area contributed by atoms with Crippen molar-refractivity contribution in [3.8, 4) is 0 Å². The van der Waals surface area contributed by atoms with Crippen LogP contribution in [0.1, 0.15) is 51.7 Å². The van der Waals surface area contributed by atoms with Crippen molar-refractivity contribution >= 4 is 0 Å². The van der Waals surface area contributed by atoms with Gasteiger partial charge in [0.25, 0.3) is 0 Å². The summed E-state index contributed by atoms with van der Waals surface area (Å²) in [5.41, 5.74) is 4.49. The zero-order chi connectivity index (χ0) is 20.0. The van der Waals surface area contributed by atoms with Gasteiger partial charge in [-0.25, -0.2) is 0 Å². The fraction of sp³-hybridized carbons (Fsp3) is 0.407. The first-order valence-electron chi connectivity index (χ1n) is 10.6. The van der Waals surface area contributed by atoms with Gasteiger partial charge in [0, 0.05) is 0 Å². The maximum Gasteiger partial charge on any atom is -1.00 e. The van der Waals surface area contributed by atoms with Crippen molar-refractivity contribution in [1.29, 1.82) is 0 Å². The Morgan fingerprint density at radius 1 is 0.839 bits per heavy atom. The molecule has 2 aliphatic carbocycles. The first-order valence-corrected chi connectivity index (χ1v) is 11.3. The zero-order valence-corrected chi connectivity index (χ0v) is 22.5. The molecule has 0 aliphatic heterocycles. The summed E-state index contributed by atoms with van der Waals surface area (Å²) >= 11 is 2.56. The summed E-state index contributed by atoms with van der Waals surface area (Å²) in [6.45, 7) is 9.82. The Balaban J connectivity index is 0.00000160. The van der Waals surface area contributed by atoms with Crippen molar-refractivity contribution in [2.75, 3.05) is 0 Å². The van der Waals surface area contributed by atoms with Crippen LogP contribution in [0.25, 0.3) is 0 Å². The van der Waals surface area contributed by atoms with Gasteiger partial charge in [-0.2, -0.15) is 0 Å². The van der Waals surface area contributed by atoms with Crippen LogP contribution in [-0.4, -0.2) is 0 Å². The molecule has 2 aromatic rings. The van der Waals surface area contributed by atoms with Crippen LogP contribution in [-0.2, 0) is 25.9 Å². The molecule has 0 amide bonds. The summed E-state index contributed by atoms with van der Waals surface area (Å²) in [4.78, 5) is 0. The summed E-state index contributed by atoms with van der Waals surface area (Å²) in [6.07, 6.45) is 9.58. The standard InChI is InChI=1S/C27H31.3ClH.Ti/c1-20-19-21-13-11-12-18-24(21)25(20)27(26(2,3)4,22-14-7-5-8-15-22)23-16-9-6-10-17-23;;;;/h5-12,14-18,20-21H,13,19H2,1-4H3;3*1H;/q;;;;+3/p-3. The van der Waals surface area contributed by atoms with E-state index in [-0.39, 0.29) is 51.8 Å². The predicted molar refractivity (Wildman–Crippen MR) is 115 cm³/mol. The Bertz CT molecular complexity index is 860. The normalized spacial score (nSPS) is 24.8. The smallest absolute Gasteiger partial charge is 1.00 e. The van der Waals surface area contributed by atoms with Crippen molar-refractivity contribution in [2.24, 2.45) is 17.3 Å². The van der Waals surface area contributed by atoms with Crippen LogP contribution in [0.4, 0.5) is 0 Å². The SMILES string of the molecule is CC1CC2CC=CC=C2[C]1([Ti+3])C(c1ccccc1)(c1ccccc1)C(C)(C)C.[Cl-].[Cl-].[Cl-]. The second kappa shape index (κ2) is 10.6. The predicted octanol–water partition coefficient (Wildman–Crippen LogP) is -1.72. The summed E-state index contributed by atoms with van der Waals surface area (Å²) in [5.74, 6) is 1.29. The van der Waals surface area contributed by atoms with E-state index < -0.39 is 0 Å². The van der Waals surface area contributed by atoms with Crippen molar-refractivity contribution in [3.63, 3.8) is 0 Å². The molecule has 0 saturated heterocycles. The minimum absolute atomic E-state index is 0. The van der Waals surface area contributed by atoms with Crippen LogP contribution in [0.2, 0.25) is 3.72 Å². The van der Waals surface area contributed by atoms with Crippen LogP contribution in [0.15, 0.2) is 84.5 Å². The number of benzene rings is 2. The summed E-state index contributed by atoms with van der Waals surface area (Å²) in [6, 6.07) is 22.6. The Kier molecular flexibility index (Phi) is 9.78. The van der Waals surface area contributed by atoms with Gasteiger partial charge in [-0.15, -0.1) is 0 Å². The molecular formula is C27H31Cl3Ti. The average Bonchev–Trinajstić information content (AvgIpc) is 2.94. The summed E-state index contributed by atoms with van der Waals surface area (Å²) < 4.78 is 0.0589. The van der Waals surface area contributed by atoms with Gasteiger partial charge in [0.1, 0.15) is 0 Å². The maximum absolute atomic E-state index is 2.56. The molecule has 0 spiro atoms. The van der Waals surface area contributed by atoms with E-state index in [0.29, 0.717) is 11.8 Å². The largest absolute Gasteiger partial charge is 1.00 e. The number of hydrogen-bond acceptors (Lipinski definition) is 0. The average molecular weight is 510 g/mol. The van der Waals surface area contributed by atoms with Gasteiger partial charge in [0.05, 0.1) is 0 Å². The third-order valence-electron chi connectivity index (χ3n) is 7.24. The van der Waals surface area contributed by atoms with Gasteiger partial charge in [-0.05, 0) is 0 Å². The van der Waals surface area contributed by atoms with Crippen molar-refractivity contribution in [1.82, 2.24) is 0 Å². The van der Waals surface area contributed by atoms with Gasteiger partial charge < -0.3 is 37.2 Å². The first kappa shape index (κ1) is 28.5. The zero-order valence-electron chi connectivity index (χ0n) is 18.7. The van der Waals surface area contributed by atoms with Crippen molar-refractivity contribution in [3.05, 3.63) is 95.6 Å². The van der Waals surface area contributed by atoms with E-state index in [9.17, 15) is 0 Å². The van der Waals surface area contributed by atoms with Gasteiger partial charge >= 0.3 is 183 Å². The molecule has 3 atom stereocenters. The molecule has 4 rings (SSSR count). The summed E-state index contributed by atoms with van der Waals surface area (Å²) in [5, 5.41) is 0. The molecule has 0 N–H and O–H groups in total. The Morgan fingerprint density at radius 3 is 1.77 bits per heavy atom. The van der Waals surface area contributed by atoms with Crippen LogP contribution in [0.3, 0.4) is 0 Å². The molecule has 3 unspecified atom stereocenters. The first-order chi connectivity index (χ1) is 13.3. The molecule has 0 aromatic heterocycles. The number of allylic oxidation sites excluding steroid dienone is 4. The maximum atomic E-state index is 2.56. The second-order valence-electron chi connectivity index (χ2n) is 9.66. The molecule has 31 heavy (non-hydrogen) atoms. The van der Waals surface area contributed by atoms with Crippen LogP contribution < -0.4 is 37.2 Å². The topological polar surface area (TPSA) is 0 Å². The Labute approximate surface area is 219 Å². The van der Waals surface area contributed by atoms with E-state index in [1.54, 1.807) is 5.57 Å². The molecule has 2 aromatic carbocycles. The minimum Gasteiger partial charge on any atom is -1.00 e. The molecular weight excluding hydrogens is 479 g/mol. The fourth-order valence-corrected chi connectivity index (χ4v) is 7.95. The molecule has 0 nitrogen and oxygen atoms in total. The van der Waals surface area contributed by atoms with Crippen molar-refractivity contribution in [2.45, 2.75) is 49.7 Å². The number of halogens is 3. The van der Waals surface area contributed by atoms with E-state index in [2.05, 4.69) is 127 Å².